The Balaban J connectivity index is 1.83. The van der Waals surface area contributed by atoms with Gasteiger partial charge in [-0.2, -0.15) is 0 Å². The fourth-order valence-corrected chi connectivity index (χ4v) is 2.44. The van der Waals surface area contributed by atoms with Crippen molar-refractivity contribution in [3.05, 3.63) is 34.9 Å². The van der Waals surface area contributed by atoms with E-state index in [1.807, 2.05) is 0 Å². The summed E-state index contributed by atoms with van der Waals surface area (Å²) in [6, 6.07) is 7.00. The van der Waals surface area contributed by atoms with Crippen LogP contribution in [0.4, 0.5) is 0 Å². The van der Waals surface area contributed by atoms with E-state index < -0.39 is 0 Å². The maximum atomic E-state index is 3.54. The van der Waals surface area contributed by atoms with Crippen molar-refractivity contribution in [2.45, 2.75) is 52.1 Å². The Hall–Kier alpha value is -0.860. The van der Waals surface area contributed by atoms with Crippen LogP contribution in [0.15, 0.2) is 18.2 Å². The molecule has 2 heteroatoms. The third-order valence-electron chi connectivity index (χ3n) is 3.45. The zero-order valence-electron chi connectivity index (χ0n) is 12.0. The molecule has 0 aliphatic carbocycles. The summed E-state index contributed by atoms with van der Waals surface area (Å²) in [6.07, 6.45) is 3.58. The molecule has 1 aromatic rings. The van der Waals surface area contributed by atoms with E-state index in [-0.39, 0.29) is 5.54 Å². The minimum Gasteiger partial charge on any atom is -0.312 e. The molecule has 1 heterocycles. The molecule has 1 aromatic carbocycles. The topological polar surface area (TPSA) is 24.1 Å². The van der Waals surface area contributed by atoms with Gasteiger partial charge in [-0.1, -0.05) is 18.2 Å². The quantitative estimate of drug-likeness (QED) is 0.798. The van der Waals surface area contributed by atoms with Gasteiger partial charge in [-0.3, -0.25) is 0 Å². The molecule has 0 spiro atoms. The van der Waals surface area contributed by atoms with Gasteiger partial charge in [0.15, 0.2) is 0 Å². The highest BCUT2D eigenvalue weighted by Gasteiger charge is 2.09. The first kappa shape index (κ1) is 13.6. The summed E-state index contributed by atoms with van der Waals surface area (Å²) in [7, 11) is 0. The average molecular weight is 246 g/mol. The van der Waals surface area contributed by atoms with E-state index in [1.54, 1.807) is 5.56 Å². The molecule has 1 aliphatic heterocycles. The fourth-order valence-electron chi connectivity index (χ4n) is 2.44. The van der Waals surface area contributed by atoms with E-state index in [4.69, 9.17) is 0 Å². The molecule has 1 aliphatic rings. The predicted molar refractivity (Wildman–Crippen MR) is 77.9 cm³/mol. The van der Waals surface area contributed by atoms with Crippen LogP contribution in [0.1, 0.15) is 43.9 Å². The fraction of sp³-hybridized carbons (Fsp3) is 0.625. The summed E-state index contributed by atoms with van der Waals surface area (Å²) in [5, 5.41) is 6.96. The van der Waals surface area contributed by atoms with Crippen molar-refractivity contribution in [3.8, 4) is 0 Å². The first-order chi connectivity index (χ1) is 8.54. The van der Waals surface area contributed by atoms with E-state index in [0.717, 1.165) is 19.6 Å². The molecule has 2 nitrogen and oxygen atoms in total. The van der Waals surface area contributed by atoms with E-state index in [9.17, 15) is 0 Å². The second-order valence-electron chi connectivity index (χ2n) is 6.31. The zero-order valence-corrected chi connectivity index (χ0v) is 12.0. The normalized spacial score (nSPS) is 15.5. The molecule has 18 heavy (non-hydrogen) atoms. The van der Waals surface area contributed by atoms with Crippen LogP contribution in [-0.2, 0) is 19.4 Å². The van der Waals surface area contributed by atoms with Crippen molar-refractivity contribution in [2.75, 3.05) is 13.1 Å². The Kier molecular flexibility index (Phi) is 4.41. The van der Waals surface area contributed by atoms with Crippen molar-refractivity contribution in [1.29, 1.82) is 0 Å². The molecule has 0 atom stereocenters. The molecule has 0 amide bonds. The number of fused-ring (bicyclic) bond motifs is 1. The Morgan fingerprint density at radius 3 is 2.83 bits per heavy atom. The van der Waals surface area contributed by atoms with Crippen LogP contribution in [0.2, 0.25) is 0 Å². The summed E-state index contributed by atoms with van der Waals surface area (Å²) in [5.41, 5.74) is 4.76. The number of benzene rings is 1. The Bertz CT molecular complexity index is 391. The van der Waals surface area contributed by atoms with E-state index in [2.05, 4.69) is 49.6 Å². The van der Waals surface area contributed by atoms with Gasteiger partial charge in [0.1, 0.15) is 0 Å². The number of rotatable bonds is 4. The van der Waals surface area contributed by atoms with E-state index in [0.29, 0.717) is 0 Å². The summed E-state index contributed by atoms with van der Waals surface area (Å²) >= 11 is 0. The molecule has 0 fully saturated rings. The molecule has 0 unspecified atom stereocenters. The lowest BCUT2D eigenvalue weighted by atomic mass is 9.97. The molecule has 0 saturated heterocycles. The molecule has 100 valence electrons. The standard InChI is InChI=1S/C16H26N2/c1-16(2,3)18-9-4-5-13-6-7-15-12-17-10-8-14(15)11-13/h6-7,11,17-18H,4-5,8-10,12H2,1-3H3. The van der Waals surface area contributed by atoms with Gasteiger partial charge in [0.05, 0.1) is 0 Å². The lowest BCUT2D eigenvalue weighted by Gasteiger charge is -2.21. The third-order valence-corrected chi connectivity index (χ3v) is 3.45. The maximum absolute atomic E-state index is 3.54. The van der Waals surface area contributed by atoms with Crippen LogP contribution < -0.4 is 10.6 Å². The molecular weight excluding hydrogens is 220 g/mol. The van der Waals surface area contributed by atoms with Gasteiger partial charge in [-0.15, -0.1) is 0 Å². The SMILES string of the molecule is CC(C)(C)NCCCc1ccc2c(c1)CCNC2. The van der Waals surface area contributed by atoms with Gasteiger partial charge in [-0.05, 0) is 69.8 Å². The molecule has 2 N–H and O–H groups in total. The van der Waals surface area contributed by atoms with Crippen molar-refractivity contribution in [2.24, 2.45) is 0 Å². The van der Waals surface area contributed by atoms with Crippen LogP contribution in [0.25, 0.3) is 0 Å². The van der Waals surface area contributed by atoms with E-state index in [1.165, 1.54) is 30.4 Å². The van der Waals surface area contributed by atoms with Crippen molar-refractivity contribution in [3.63, 3.8) is 0 Å². The van der Waals surface area contributed by atoms with Gasteiger partial charge in [-0.25, -0.2) is 0 Å². The Morgan fingerprint density at radius 2 is 2.06 bits per heavy atom. The summed E-state index contributed by atoms with van der Waals surface area (Å²) in [5.74, 6) is 0. The highest BCUT2D eigenvalue weighted by atomic mass is 14.9. The molecular formula is C16H26N2. The minimum atomic E-state index is 0.238. The van der Waals surface area contributed by atoms with Crippen molar-refractivity contribution < 1.29 is 0 Å². The summed E-state index contributed by atoms with van der Waals surface area (Å²) < 4.78 is 0. The molecule has 0 aromatic heterocycles. The Morgan fingerprint density at radius 1 is 1.22 bits per heavy atom. The lowest BCUT2D eigenvalue weighted by molar-refractivity contribution is 0.422. The first-order valence-electron chi connectivity index (χ1n) is 7.11. The highest BCUT2D eigenvalue weighted by molar-refractivity contribution is 5.33. The summed E-state index contributed by atoms with van der Waals surface area (Å²) in [6.45, 7) is 9.93. The maximum Gasteiger partial charge on any atom is 0.0208 e. The first-order valence-corrected chi connectivity index (χ1v) is 7.11. The number of hydrogen-bond acceptors (Lipinski definition) is 2. The molecule has 0 radical (unpaired) electrons. The van der Waals surface area contributed by atoms with Gasteiger partial charge >= 0.3 is 0 Å². The number of nitrogens with one attached hydrogen (secondary N) is 2. The smallest absolute Gasteiger partial charge is 0.0208 e. The largest absolute Gasteiger partial charge is 0.312 e. The Labute approximate surface area is 111 Å². The van der Waals surface area contributed by atoms with Crippen LogP contribution in [0.5, 0.6) is 0 Å². The molecule has 2 rings (SSSR count). The average Bonchev–Trinajstić information content (AvgIpc) is 2.33. The van der Waals surface area contributed by atoms with Gasteiger partial charge in [0.2, 0.25) is 0 Å². The second kappa shape index (κ2) is 5.85. The lowest BCUT2D eigenvalue weighted by Crippen LogP contribution is -2.36. The van der Waals surface area contributed by atoms with Crippen LogP contribution in [-0.4, -0.2) is 18.6 Å². The minimum absolute atomic E-state index is 0.238. The van der Waals surface area contributed by atoms with E-state index >= 15 is 0 Å². The van der Waals surface area contributed by atoms with Gasteiger partial charge in [0.25, 0.3) is 0 Å². The third kappa shape index (κ3) is 4.11. The van der Waals surface area contributed by atoms with Crippen LogP contribution in [0.3, 0.4) is 0 Å². The predicted octanol–water partition coefficient (Wildman–Crippen LogP) is 2.65. The molecule has 0 bridgehead atoms. The van der Waals surface area contributed by atoms with Crippen molar-refractivity contribution in [1.82, 2.24) is 10.6 Å². The van der Waals surface area contributed by atoms with Gasteiger partial charge in [0, 0.05) is 12.1 Å². The monoisotopic (exact) mass is 246 g/mol. The highest BCUT2D eigenvalue weighted by Crippen LogP contribution is 2.16. The van der Waals surface area contributed by atoms with Crippen LogP contribution >= 0.6 is 0 Å². The zero-order chi connectivity index (χ0) is 13.0. The van der Waals surface area contributed by atoms with Crippen LogP contribution in [0, 0.1) is 0 Å². The second-order valence-corrected chi connectivity index (χ2v) is 6.31. The molecule has 0 saturated carbocycles. The summed E-state index contributed by atoms with van der Waals surface area (Å²) in [4.78, 5) is 0. The van der Waals surface area contributed by atoms with Gasteiger partial charge < -0.3 is 10.6 Å². The number of aryl methyl sites for hydroxylation is 1. The van der Waals surface area contributed by atoms with Crippen molar-refractivity contribution >= 4 is 0 Å². The number of hydrogen-bond donors (Lipinski definition) is 2.